The molecule has 1 aliphatic rings. The average molecular weight is 441 g/mol. The Bertz CT molecular complexity index is 940. The van der Waals surface area contributed by atoms with E-state index < -0.39 is 10.0 Å². The van der Waals surface area contributed by atoms with Crippen LogP contribution in [0.1, 0.15) is 35.2 Å². The lowest BCUT2D eigenvalue weighted by molar-refractivity contribution is 0.0953. The first-order valence-electron chi connectivity index (χ1n) is 9.20. The third-order valence-corrected chi connectivity index (χ3v) is 7.35. The van der Waals surface area contributed by atoms with E-state index >= 15 is 0 Å². The molecule has 1 fully saturated rings. The predicted molar refractivity (Wildman–Crippen MR) is 112 cm³/mol. The molecule has 8 heteroatoms. The number of aryl methyl sites for hydroxylation is 1. The number of rotatable bonds is 7. The Balaban J connectivity index is 1.61. The Hall–Kier alpha value is -1.60. The van der Waals surface area contributed by atoms with Crippen molar-refractivity contribution in [3.8, 4) is 0 Å². The molecular weight excluding hydrogens is 419 g/mol. The molecule has 1 N–H and O–H groups in total. The zero-order chi connectivity index (χ0) is 20.1. The van der Waals surface area contributed by atoms with Gasteiger partial charge in [-0.25, -0.2) is 8.42 Å². The molecule has 0 saturated carbocycles. The van der Waals surface area contributed by atoms with E-state index in [9.17, 15) is 13.2 Å². The van der Waals surface area contributed by atoms with Crippen LogP contribution in [0, 0.1) is 0 Å². The number of hydrogen-bond acceptors (Lipinski definition) is 3. The summed E-state index contributed by atoms with van der Waals surface area (Å²) in [6, 6.07) is 12.0. The first-order chi connectivity index (χ1) is 13.4. The summed E-state index contributed by atoms with van der Waals surface area (Å²) in [5.41, 5.74) is 1.43. The van der Waals surface area contributed by atoms with Gasteiger partial charge in [0.25, 0.3) is 5.91 Å². The van der Waals surface area contributed by atoms with Crippen molar-refractivity contribution in [2.75, 3.05) is 19.6 Å². The molecule has 1 aliphatic heterocycles. The topological polar surface area (TPSA) is 66.5 Å². The minimum absolute atomic E-state index is 0.00937. The molecule has 0 spiro atoms. The van der Waals surface area contributed by atoms with Gasteiger partial charge in [-0.2, -0.15) is 4.31 Å². The zero-order valence-electron chi connectivity index (χ0n) is 15.3. The van der Waals surface area contributed by atoms with Crippen molar-refractivity contribution in [2.24, 2.45) is 0 Å². The summed E-state index contributed by atoms with van der Waals surface area (Å²) in [7, 11) is -3.68. The summed E-state index contributed by atoms with van der Waals surface area (Å²) in [6.07, 6.45) is 3.25. The van der Waals surface area contributed by atoms with Crippen molar-refractivity contribution in [3.63, 3.8) is 0 Å². The van der Waals surface area contributed by atoms with Crippen molar-refractivity contribution >= 4 is 39.1 Å². The molecule has 1 heterocycles. The van der Waals surface area contributed by atoms with Gasteiger partial charge in [0.05, 0.1) is 5.02 Å². The minimum atomic E-state index is -3.68. The number of hydrogen-bond donors (Lipinski definition) is 1. The van der Waals surface area contributed by atoms with Gasteiger partial charge in [0.2, 0.25) is 10.0 Å². The predicted octanol–water partition coefficient (Wildman–Crippen LogP) is 4.14. The van der Waals surface area contributed by atoms with Crippen LogP contribution in [0.4, 0.5) is 0 Å². The van der Waals surface area contributed by atoms with Crippen LogP contribution in [0.25, 0.3) is 0 Å². The number of nitrogens with one attached hydrogen (secondary N) is 1. The van der Waals surface area contributed by atoms with Crippen molar-refractivity contribution < 1.29 is 13.2 Å². The summed E-state index contributed by atoms with van der Waals surface area (Å²) >= 11 is 12.0. The normalized spacial score (nSPS) is 14.9. The number of sulfonamides is 1. The van der Waals surface area contributed by atoms with Crippen molar-refractivity contribution in [2.45, 2.75) is 30.6 Å². The highest BCUT2D eigenvalue weighted by Crippen LogP contribution is 2.28. The molecule has 2 aromatic carbocycles. The molecule has 2 aromatic rings. The van der Waals surface area contributed by atoms with Crippen molar-refractivity contribution in [1.82, 2.24) is 9.62 Å². The van der Waals surface area contributed by atoms with E-state index in [0.29, 0.717) is 24.7 Å². The largest absolute Gasteiger partial charge is 0.352 e. The van der Waals surface area contributed by atoms with E-state index in [1.54, 1.807) is 6.07 Å². The highest BCUT2D eigenvalue weighted by molar-refractivity contribution is 7.89. The third kappa shape index (κ3) is 5.06. The van der Waals surface area contributed by atoms with Gasteiger partial charge in [0, 0.05) is 30.2 Å². The fraction of sp³-hybridized carbons (Fsp3) is 0.350. The molecule has 0 aromatic heterocycles. The lowest BCUT2D eigenvalue weighted by Gasteiger charge is -2.17. The van der Waals surface area contributed by atoms with Crippen molar-refractivity contribution in [1.29, 1.82) is 0 Å². The van der Waals surface area contributed by atoms with Crippen LogP contribution >= 0.6 is 23.2 Å². The first-order valence-corrected chi connectivity index (χ1v) is 11.4. The van der Waals surface area contributed by atoms with Gasteiger partial charge < -0.3 is 5.32 Å². The molecule has 1 saturated heterocycles. The summed E-state index contributed by atoms with van der Waals surface area (Å²) < 4.78 is 27.0. The number of halogens is 2. The standard InChI is InChI=1S/C20H22Cl2N2O3S/c21-17-8-5-15(6-9-17)4-3-11-23-20(25)16-7-10-18(22)19(14-16)28(26,27)24-12-1-2-13-24/h5-10,14H,1-4,11-13H2,(H,23,25). The van der Waals surface area contributed by atoms with Gasteiger partial charge in [0.1, 0.15) is 4.90 Å². The fourth-order valence-corrected chi connectivity index (χ4v) is 5.30. The minimum Gasteiger partial charge on any atom is -0.352 e. The number of benzene rings is 2. The number of amides is 1. The molecule has 0 atom stereocenters. The van der Waals surface area contributed by atoms with Crippen LogP contribution in [0.3, 0.4) is 0 Å². The lowest BCUT2D eigenvalue weighted by Crippen LogP contribution is -2.29. The first kappa shape index (κ1) is 21.1. The van der Waals surface area contributed by atoms with Gasteiger partial charge in [-0.15, -0.1) is 0 Å². The van der Waals surface area contributed by atoms with E-state index in [1.807, 2.05) is 24.3 Å². The SMILES string of the molecule is O=C(NCCCc1ccc(Cl)cc1)c1ccc(Cl)c(S(=O)(=O)N2CCCC2)c1. The Morgan fingerprint density at radius 1 is 1.04 bits per heavy atom. The Labute approximate surface area is 175 Å². The smallest absolute Gasteiger partial charge is 0.251 e. The number of carbonyl (C=O) groups is 1. The fourth-order valence-electron chi connectivity index (χ4n) is 3.16. The molecule has 0 aliphatic carbocycles. The second-order valence-corrected chi connectivity index (χ2v) is 9.49. The Kier molecular flexibility index (Phi) is 6.99. The maximum Gasteiger partial charge on any atom is 0.251 e. The molecule has 5 nitrogen and oxygen atoms in total. The maximum absolute atomic E-state index is 12.8. The van der Waals surface area contributed by atoms with Gasteiger partial charge in [-0.1, -0.05) is 35.3 Å². The average Bonchev–Trinajstić information content (AvgIpc) is 3.22. The van der Waals surface area contributed by atoms with Crippen LogP contribution in [-0.4, -0.2) is 38.3 Å². The summed E-state index contributed by atoms with van der Waals surface area (Å²) in [5.74, 6) is -0.314. The molecule has 28 heavy (non-hydrogen) atoms. The molecule has 0 unspecified atom stereocenters. The monoisotopic (exact) mass is 440 g/mol. The Morgan fingerprint density at radius 2 is 1.71 bits per heavy atom. The summed E-state index contributed by atoms with van der Waals surface area (Å²) in [4.78, 5) is 12.4. The van der Waals surface area contributed by atoms with Crippen LogP contribution in [0.5, 0.6) is 0 Å². The van der Waals surface area contributed by atoms with Crippen LogP contribution in [0.15, 0.2) is 47.4 Å². The molecule has 1 amide bonds. The highest BCUT2D eigenvalue weighted by atomic mass is 35.5. The van der Waals surface area contributed by atoms with Gasteiger partial charge in [-0.05, 0) is 61.6 Å². The lowest BCUT2D eigenvalue weighted by atomic mass is 10.1. The summed E-state index contributed by atoms with van der Waals surface area (Å²) in [6.45, 7) is 1.46. The van der Waals surface area contributed by atoms with E-state index in [0.717, 1.165) is 31.2 Å². The van der Waals surface area contributed by atoms with E-state index in [4.69, 9.17) is 23.2 Å². The molecule has 3 rings (SSSR count). The van der Waals surface area contributed by atoms with E-state index in [1.165, 1.54) is 16.4 Å². The van der Waals surface area contributed by atoms with Gasteiger partial charge in [-0.3, -0.25) is 4.79 Å². The number of nitrogens with zero attached hydrogens (tertiary/aromatic N) is 1. The molecular formula is C20H22Cl2N2O3S. The number of carbonyl (C=O) groups excluding carboxylic acids is 1. The molecule has 150 valence electrons. The van der Waals surface area contributed by atoms with Crippen LogP contribution < -0.4 is 5.32 Å². The zero-order valence-corrected chi connectivity index (χ0v) is 17.7. The van der Waals surface area contributed by atoms with Gasteiger partial charge >= 0.3 is 0 Å². The van der Waals surface area contributed by atoms with Crippen molar-refractivity contribution in [3.05, 3.63) is 63.6 Å². The third-order valence-electron chi connectivity index (χ3n) is 4.72. The summed E-state index contributed by atoms with van der Waals surface area (Å²) in [5, 5.41) is 3.66. The quantitative estimate of drug-likeness (QED) is 0.657. The van der Waals surface area contributed by atoms with Gasteiger partial charge in [0.15, 0.2) is 0 Å². The second-order valence-electron chi connectivity index (χ2n) is 6.74. The molecule has 0 bridgehead atoms. The van der Waals surface area contributed by atoms with Crippen LogP contribution in [0.2, 0.25) is 10.0 Å². The van der Waals surface area contributed by atoms with E-state index in [2.05, 4.69) is 5.32 Å². The highest BCUT2D eigenvalue weighted by Gasteiger charge is 2.29. The Morgan fingerprint density at radius 3 is 2.39 bits per heavy atom. The second kappa shape index (κ2) is 9.27. The molecule has 0 radical (unpaired) electrons. The van der Waals surface area contributed by atoms with E-state index in [-0.39, 0.29) is 21.4 Å². The maximum atomic E-state index is 12.8. The van der Waals surface area contributed by atoms with Crippen LogP contribution in [-0.2, 0) is 16.4 Å².